The Morgan fingerprint density at radius 3 is 2.71 bits per heavy atom. The van der Waals surface area contributed by atoms with Crippen molar-refractivity contribution in [2.45, 2.75) is 25.2 Å². The van der Waals surface area contributed by atoms with Gasteiger partial charge in [-0.05, 0) is 60.5 Å². The van der Waals surface area contributed by atoms with Crippen molar-refractivity contribution >= 4 is 28.9 Å². The zero-order valence-electron chi connectivity index (χ0n) is 18.2. The van der Waals surface area contributed by atoms with Gasteiger partial charge < -0.3 is 19.5 Å². The third kappa shape index (κ3) is 4.46. The van der Waals surface area contributed by atoms with Gasteiger partial charge in [-0.3, -0.25) is 4.79 Å². The van der Waals surface area contributed by atoms with E-state index in [0.717, 1.165) is 17.4 Å². The van der Waals surface area contributed by atoms with Crippen LogP contribution >= 0.6 is 11.6 Å². The molecule has 5 nitrogen and oxygen atoms in total. The van der Waals surface area contributed by atoms with Crippen LogP contribution in [0, 0.1) is 5.92 Å². The maximum absolute atomic E-state index is 13.4. The second-order valence-electron chi connectivity index (χ2n) is 8.64. The number of piperazine rings is 1. The highest BCUT2D eigenvalue weighted by Crippen LogP contribution is 2.40. The number of amides is 1. The molecule has 0 saturated carbocycles. The van der Waals surface area contributed by atoms with Crippen molar-refractivity contribution in [3.63, 3.8) is 0 Å². The number of rotatable bonds is 4. The van der Waals surface area contributed by atoms with Crippen LogP contribution in [0.4, 0.5) is 24.5 Å². The van der Waals surface area contributed by atoms with Crippen LogP contribution in [0.2, 0.25) is 5.02 Å². The van der Waals surface area contributed by atoms with Gasteiger partial charge in [0.2, 0.25) is 5.91 Å². The van der Waals surface area contributed by atoms with E-state index in [0.29, 0.717) is 36.0 Å². The lowest BCUT2D eigenvalue weighted by atomic mass is 9.82. The van der Waals surface area contributed by atoms with Gasteiger partial charge in [0.25, 0.3) is 0 Å². The van der Waals surface area contributed by atoms with E-state index in [-0.39, 0.29) is 24.9 Å². The van der Waals surface area contributed by atoms with Crippen LogP contribution in [0.25, 0.3) is 0 Å². The Morgan fingerprint density at radius 1 is 1.12 bits per heavy atom. The molecular formula is C25H23ClF3N3O2. The summed E-state index contributed by atoms with van der Waals surface area (Å²) in [6, 6.07) is 14.7. The maximum atomic E-state index is 13.4. The molecule has 0 aliphatic carbocycles. The Morgan fingerprint density at radius 2 is 1.97 bits per heavy atom. The zero-order valence-corrected chi connectivity index (χ0v) is 18.9. The quantitative estimate of drug-likeness (QED) is 0.551. The lowest BCUT2D eigenvalue weighted by molar-refractivity contribution is -0.137. The Balaban J connectivity index is 1.45. The first-order valence-electron chi connectivity index (χ1n) is 11.1. The molecule has 5 rings (SSSR count). The number of nitrogens with zero attached hydrogens (tertiary/aromatic N) is 2. The molecule has 0 spiro atoms. The van der Waals surface area contributed by atoms with Gasteiger partial charge in [-0.2, -0.15) is 13.2 Å². The first kappa shape index (κ1) is 22.7. The Kier molecular flexibility index (Phi) is 5.93. The van der Waals surface area contributed by atoms with Crippen molar-refractivity contribution in [1.82, 2.24) is 5.32 Å². The summed E-state index contributed by atoms with van der Waals surface area (Å²) >= 11 is 6.19. The van der Waals surface area contributed by atoms with Gasteiger partial charge >= 0.3 is 6.18 Å². The first-order valence-corrected chi connectivity index (χ1v) is 11.4. The molecule has 1 N–H and O–H groups in total. The molecule has 34 heavy (non-hydrogen) atoms. The zero-order chi connectivity index (χ0) is 23.9. The predicted molar refractivity (Wildman–Crippen MR) is 124 cm³/mol. The molecular weight excluding hydrogens is 467 g/mol. The summed E-state index contributed by atoms with van der Waals surface area (Å²) in [5.74, 6) is -0.111. The van der Waals surface area contributed by atoms with Gasteiger partial charge in [0, 0.05) is 36.0 Å². The van der Waals surface area contributed by atoms with Gasteiger partial charge in [0.1, 0.15) is 5.76 Å². The molecule has 9 heteroatoms. The van der Waals surface area contributed by atoms with E-state index in [4.69, 9.17) is 16.0 Å². The average molecular weight is 490 g/mol. The second-order valence-corrected chi connectivity index (χ2v) is 9.07. The minimum absolute atomic E-state index is 0.200. The number of furan rings is 1. The van der Waals surface area contributed by atoms with E-state index in [1.165, 1.54) is 18.4 Å². The fourth-order valence-electron chi connectivity index (χ4n) is 4.93. The number of fused-ring (bicyclic) bond motifs is 3. The minimum atomic E-state index is -4.44. The predicted octanol–water partition coefficient (Wildman–Crippen LogP) is 5.14. The smallest absolute Gasteiger partial charge is 0.416 e. The number of alkyl halides is 3. The van der Waals surface area contributed by atoms with Crippen LogP contribution in [0.1, 0.15) is 16.9 Å². The SMILES string of the molecule is O=C(NCc1ccco1)[C@H]1Cc2cc(C(F)(F)F)ccc2N2CCN(c3cccc(Cl)c3)C[C@@H]12. The van der Waals surface area contributed by atoms with Gasteiger partial charge in [-0.25, -0.2) is 0 Å². The van der Waals surface area contributed by atoms with E-state index in [1.807, 2.05) is 18.2 Å². The van der Waals surface area contributed by atoms with Crippen LogP contribution in [0.15, 0.2) is 65.3 Å². The number of nitrogens with one attached hydrogen (secondary N) is 1. The van der Waals surface area contributed by atoms with E-state index in [9.17, 15) is 18.0 Å². The molecule has 2 aliphatic rings. The molecule has 1 aromatic heterocycles. The summed E-state index contributed by atoms with van der Waals surface area (Å²) < 4.78 is 45.4. The number of benzene rings is 2. The highest BCUT2D eigenvalue weighted by molar-refractivity contribution is 6.30. The summed E-state index contributed by atoms with van der Waals surface area (Å²) in [4.78, 5) is 17.6. The molecule has 2 atom stereocenters. The molecule has 1 saturated heterocycles. The number of hydrogen-bond donors (Lipinski definition) is 1. The highest BCUT2D eigenvalue weighted by atomic mass is 35.5. The molecule has 0 bridgehead atoms. The van der Waals surface area contributed by atoms with Crippen molar-refractivity contribution in [3.05, 3.63) is 82.8 Å². The fraction of sp³-hybridized carbons (Fsp3) is 0.320. The first-order chi connectivity index (χ1) is 16.3. The van der Waals surface area contributed by atoms with Gasteiger partial charge in [0.15, 0.2) is 0 Å². The van der Waals surface area contributed by atoms with Gasteiger partial charge in [-0.1, -0.05) is 17.7 Å². The Hall–Kier alpha value is -3.13. The summed E-state index contributed by atoms with van der Waals surface area (Å²) in [7, 11) is 0. The lowest BCUT2D eigenvalue weighted by Gasteiger charge is -2.49. The molecule has 0 unspecified atom stereocenters. The second kappa shape index (κ2) is 8.91. The number of halogens is 4. The normalized spacial score (nSPS) is 20.0. The van der Waals surface area contributed by atoms with Crippen molar-refractivity contribution < 1.29 is 22.4 Å². The number of anilines is 2. The van der Waals surface area contributed by atoms with Crippen LogP contribution in [-0.2, 0) is 23.9 Å². The molecule has 1 amide bonds. The summed E-state index contributed by atoms with van der Waals surface area (Å²) in [5.41, 5.74) is 1.57. The third-order valence-electron chi connectivity index (χ3n) is 6.57. The van der Waals surface area contributed by atoms with Crippen LogP contribution in [0.3, 0.4) is 0 Å². The van der Waals surface area contributed by atoms with Crippen LogP contribution in [0.5, 0.6) is 0 Å². The summed E-state index contributed by atoms with van der Waals surface area (Å²) in [5, 5.41) is 3.53. The molecule has 2 aromatic carbocycles. The van der Waals surface area contributed by atoms with Crippen LogP contribution < -0.4 is 15.1 Å². The molecule has 178 valence electrons. The Bertz CT molecular complexity index is 1180. The van der Waals surface area contributed by atoms with E-state index < -0.39 is 17.7 Å². The summed E-state index contributed by atoms with van der Waals surface area (Å²) in [6.07, 6.45) is -2.68. The summed E-state index contributed by atoms with van der Waals surface area (Å²) in [6.45, 7) is 2.03. The van der Waals surface area contributed by atoms with Crippen LogP contribution in [-0.4, -0.2) is 31.6 Å². The number of carbonyl (C=O) groups is 1. The number of hydrogen-bond acceptors (Lipinski definition) is 4. The number of carbonyl (C=O) groups excluding carboxylic acids is 1. The highest BCUT2D eigenvalue weighted by Gasteiger charge is 2.42. The standard InChI is InChI=1S/C25H23ClF3N3O2/c26-18-3-1-4-19(13-18)31-8-9-32-22-7-6-17(25(27,28)29)11-16(22)12-21(23(32)15-31)24(33)30-14-20-5-2-10-34-20/h1-7,10-11,13,21,23H,8-9,12,14-15H2,(H,30,33)/t21-,23-/m0/s1. The third-order valence-corrected chi connectivity index (χ3v) is 6.80. The largest absolute Gasteiger partial charge is 0.467 e. The maximum Gasteiger partial charge on any atom is 0.416 e. The van der Waals surface area contributed by atoms with E-state index >= 15 is 0 Å². The van der Waals surface area contributed by atoms with Crippen molar-refractivity contribution in [2.75, 3.05) is 29.4 Å². The Labute approximate surface area is 200 Å². The van der Waals surface area contributed by atoms with Gasteiger partial charge in [-0.15, -0.1) is 0 Å². The molecule has 1 fully saturated rings. The van der Waals surface area contributed by atoms with E-state index in [2.05, 4.69) is 15.1 Å². The lowest BCUT2D eigenvalue weighted by Crippen LogP contribution is -2.61. The average Bonchev–Trinajstić information content (AvgIpc) is 3.34. The monoisotopic (exact) mass is 489 g/mol. The van der Waals surface area contributed by atoms with E-state index in [1.54, 1.807) is 18.2 Å². The fourth-order valence-corrected chi connectivity index (χ4v) is 5.11. The minimum Gasteiger partial charge on any atom is -0.467 e. The molecule has 2 aliphatic heterocycles. The molecule has 3 heterocycles. The topological polar surface area (TPSA) is 48.7 Å². The van der Waals surface area contributed by atoms with Crippen molar-refractivity contribution in [3.8, 4) is 0 Å². The molecule has 0 radical (unpaired) electrons. The molecule has 3 aromatic rings. The van der Waals surface area contributed by atoms with Gasteiger partial charge in [0.05, 0.1) is 30.3 Å². The van der Waals surface area contributed by atoms with Crippen molar-refractivity contribution in [1.29, 1.82) is 0 Å². The van der Waals surface area contributed by atoms with Crippen molar-refractivity contribution in [2.24, 2.45) is 5.92 Å².